The van der Waals surface area contributed by atoms with Gasteiger partial charge >= 0.3 is 0 Å². The molecule has 1 heterocycles. The van der Waals surface area contributed by atoms with Gasteiger partial charge in [-0.15, -0.1) is 0 Å². The third-order valence-electron chi connectivity index (χ3n) is 3.58. The van der Waals surface area contributed by atoms with E-state index in [0.717, 1.165) is 25.3 Å². The Hall–Kier alpha value is -1.48. The largest absolute Gasteiger partial charge is 0.496 e. The van der Waals surface area contributed by atoms with E-state index in [1.165, 1.54) is 10.9 Å². The van der Waals surface area contributed by atoms with E-state index in [-0.39, 0.29) is 5.41 Å². The van der Waals surface area contributed by atoms with Crippen molar-refractivity contribution in [3.8, 4) is 5.75 Å². The summed E-state index contributed by atoms with van der Waals surface area (Å²) < 4.78 is 7.65. The van der Waals surface area contributed by atoms with Crippen molar-refractivity contribution in [2.24, 2.45) is 11.1 Å². The van der Waals surface area contributed by atoms with Gasteiger partial charge in [0.2, 0.25) is 0 Å². The number of rotatable bonds is 5. The molecule has 98 valence electrons. The first-order chi connectivity index (χ1) is 8.57. The number of benzene rings is 1. The summed E-state index contributed by atoms with van der Waals surface area (Å²) in [6, 6.07) is 8.28. The number of nitrogens with two attached hydrogens (primary N) is 1. The van der Waals surface area contributed by atoms with E-state index in [2.05, 4.69) is 36.7 Å². The van der Waals surface area contributed by atoms with Crippen LogP contribution in [-0.4, -0.2) is 18.2 Å². The summed E-state index contributed by atoms with van der Waals surface area (Å²) in [5, 5.41) is 1.17. The monoisotopic (exact) mass is 246 g/mol. The van der Waals surface area contributed by atoms with Crippen LogP contribution in [0.15, 0.2) is 30.5 Å². The number of methoxy groups -OCH3 is 1. The maximum absolute atomic E-state index is 5.77. The van der Waals surface area contributed by atoms with E-state index >= 15 is 0 Å². The van der Waals surface area contributed by atoms with Gasteiger partial charge in [-0.25, -0.2) is 0 Å². The quantitative estimate of drug-likeness (QED) is 0.881. The molecule has 2 rings (SSSR count). The average Bonchev–Trinajstić information content (AvgIpc) is 2.79. The van der Waals surface area contributed by atoms with Crippen molar-refractivity contribution in [1.29, 1.82) is 0 Å². The lowest BCUT2D eigenvalue weighted by molar-refractivity contribution is 0.326. The molecule has 0 amide bonds. The highest BCUT2D eigenvalue weighted by Crippen LogP contribution is 2.27. The van der Waals surface area contributed by atoms with Crippen molar-refractivity contribution in [3.63, 3.8) is 0 Å². The van der Waals surface area contributed by atoms with Gasteiger partial charge < -0.3 is 15.0 Å². The summed E-state index contributed by atoms with van der Waals surface area (Å²) in [5.41, 5.74) is 7.19. The molecule has 18 heavy (non-hydrogen) atoms. The van der Waals surface area contributed by atoms with E-state index < -0.39 is 0 Å². The van der Waals surface area contributed by atoms with Crippen LogP contribution in [0.25, 0.3) is 10.9 Å². The molecule has 3 heteroatoms. The van der Waals surface area contributed by atoms with E-state index in [1.54, 1.807) is 7.11 Å². The molecular formula is C15H22N2O. The maximum atomic E-state index is 5.77. The molecule has 0 saturated heterocycles. The third-order valence-corrected chi connectivity index (χ3v) is 3.58. The molecule has 1 aromatic heterocycles. The molecule has 0 atom stereocenters. The van der Waals surface area contributed by atoms with Crippen LogP contribution in [0, 0.1) is 5.41 Å². The first kappa shape index (κ1) is 13.0. The maximum Gasteiger partial charge on any atom is 0.128 e. The summed E-state index contributed by atoms with van der Waals surface area (Å²) >= 11 is 0. The van der Waals surface area contributed by atoms with Crippen molar-refractivity contribution in [2.45, 2.75) is 26.8 Å². The lowest BCUT2D eigenvalue weighted by Crippen LogP contribution is -2.24. The SMILES string of the molecule is COc1cccc2c1ccn2CCC(C)(C)CN. The Balaban J connectivity index is 2.25. The highest BCUT2D eigenvalue weighted by molar-refractivity contribution is 5.86. The van der Waals surface area contributed by atoms with Crippen LogP contribution in [0.2, 0.25) is 0 Å². The van der Waals surface area contributed by atoms with Crippen LogP contribution < -0.4 is 10.5 Å². The summed E-state index contributed by atoms with van der Waals surface area (Å²) in [7, 11) is 1.71. The molecule has 0 bridgehead atoms. The van der Waals surface area contributed by atoms with Gasteiger partial charge in [-0.2, -0.15) is 0 Å². The van der Waals surface area contributed by atoms with Gasteiger partial charge in [0.25, 0.3) is 0 Å². The van der Waals surface area contributed by atoms with E-state index in [1.807, 2.05) is 12.1 Å². The number of hydrogen-bond donors (Lipinski definition) is 1. The van der Waals surface area contributed by atoms with Gasteiger partial charge in [-0.1, -0.05) is 19.9 Å². The van der Waals surface area contributed by atoms with E-state index in [9.17, 15) is 0 Å². The van der Waals surface area contributed by atoms with Crippen LogP contribution in [-0.2, 0) is 6.54 Å². The fourth-order valence-corrected chi connectivity index (χ4v) is 2.09. The Bertz CT molecular complexity index is 528. The van der Waals surface area contributed by atoms with Gasteiger partial charge in [-0.3, -0.25) is 0 Å². The molecule has 3 nitrogen and oxygen atoms in total. The van der Waals surface area contributed by atoms with Gasteiger partial charge in [0.1, 0.15) is 5.75 Å². The number of nitrogens with zero attached hydrogens (tertiary/aromatic N) is 1. The summed E-state index contributed by atoms with van der Waals surface area (Å²) in [6.45, 7) is 6.12. The molecule has 1 aromatic carbocycles. The minimum atomic E-state index is 0.190. The average molecular weight is 246 g/mol. The van der Waals surface area contributed by atoms with E-state index in [0.29, 0.717) is 0 Å². The molecule has 0 aliphatic carbocycles. The lowest BCUT2D eigenvalue weighted by atomic mass is 9.90. The van der Waals surface area contributed by atoms with Crippen molar-refractivity contribution < 1.29 is 4.74 Å². The molecule has 0 unspecified atom stereocenters. The zero-order valence-corrected chi connectivity index (χ0v) is 11.4. The predicted molar refractivity (Wildman–Crippen MR) is 75.9 cm³/mol. The number of aromatic nitrogens is 1. The second kappa shape index (κ2) is 5.02. The highest BCUT2D eigenvalue weighted by Gasteiger charge is 2.15. The minimum Gasteiger partial charge on any atom is -0.496 e. The number of fused-ring (bicyclic) bond motifs is 1. The zero-order chi connectivity index (χ0) is 13.2. The Labute approximate surface area is 109 Å². The lowest BCUT2D eigenvalue weighted by Gasteiger charge is -2.22. The van der Waals surface area contributed by atoms with Crippen LogP contribution in [0.5, 0.6) is 5.75 Å². The fraction of sp³-hybridized carbons (Fsp3) is 0.467. The molecular weight excluding hydrogens is 224 g/mol. The van der Waals surface area contributed by atoms with Gasteiger partial charge in [0.15, 0.2) is 0 Å². The number of hydrogen-bond acceptors (Lipinski definition) is 2. The predicted octanol–water partition coefficient (Wildman–Crippen LogP) is 3.02. The van der Waals surface area contributed by atoms with Crippen LogP contribution in [0.4, 0.5) is 0 Å². The molecule has 0 aliphatic rings. The summed E-state index contributed by atoms with van der Waals surface area (Å²) in [4.78, 5) is 0. The van der Waals surface area contributed by atoms with Gasteiger partial charge in [0, 0.05) is 18.1 Å². The van der Waals surface area contributed by atoms with Crippen LogP contribution in [0.3, 0.4) is 0 Å². The second-order valence-corrected chi connectivity index (χ2v) is 5.52. The minimum absolute atomic E-state index is 0.190. The Kier molecular flexibility index (Phi) is 3.62. The molecule has 2 aromatic rings. The smallest absolute Gasteiger partial charge is 0.128 e. The number of ether oxygens (including phenoxy) is 1. The fourth-order valence-electron chi connectivity index (χ4n) is 2.09. The van der Waals surface area contributed by atoms with Crippen molar-refractivity contribution >= 4 is 10.9 Å². The summed E-state index contributed by atoms with van der Waals surface area (Å²) in [5.74, 6) is 0.935. The van der Waals surface area contributed by atoms with Crippen LogP contribution >= 0.6 is 0 Å². The molecule has 0 fully saturated rings. The zero-order valence-electron chi connectivity index (χ0n) is 11.4. The first-order valence-corrected chi connectivity index (χ1v) is 6.39. The molecule has 0 radical (unpaired) electrons. The van der Waals surface area contributed by atoms with Crippen molar-refractivity contribution in [1.82, 2.24) is 4.57 Å². The van der Waals surface area contributed by atoms with Crippen LogP contribution in [0.1, 0.15) is 20.3 Å². The standard InChI is InChI=1S/C15H22N2O/c1-15(2,11-16)8-10-17-9-7-12-13(17)5-4-6-14(12)18-3/h4-7,9H,8,10-11,16H2,1-3H3. The first-order valence-electron chi connectivity index (χ1n) is 6.39. The normalized spacial score (nSPS) is 12.0. The van der Waals surface area contributed by atoms with Gasteiger partial charge in [-0.05, 0) is 36.6 Å². The molecule has 0 spiro atoms. The Morgan fingerprint density at radius 2 is 2.06 bits per heavy atom. The molecule has 0 aliphatic heterocycles. The highest BCUT2D eigenvalue weighted by atomic mass is 16.5. The van der Waals surface area contributed by atoms with Gasteiger partial charge in [0.05, 0.1) is 12.6 Å². The Morgan fingerprint density at radius 3 is 2.72 bits per heavy atom. The topological polar surface area (TPSA) is 40.2 Å². The van der Waals surface area contributed by atoms with Crippen molar-refractivity contribution in [2.75, 3.05) is 13.7 Å². The van der Waals surface area contributed by atoms with Crippen molar-refractivity contribution in [3.05, 3.63) is 30.5 Å². The second-order valence-electron chi connectivity index (χ2n) is 5.52. The number of aryl methyl sites for hydroxylation is 1. The molecule has 0 saturated carbocycles. The summed E-state index contributed by atoms with van der Waals surface area (Å²) in [6.07, 6.45) is 3.20. The Morgan fingerprint density at radius 1 is 1.28 bits per heavy atom. The molecule has 2 N–H and O–H groups in total. The third kappa shape index (κ3) is 2.51. The van der Waals surface area contributed by atoms with E-state index in [4.69, 9.17) is 10.5 Å².